The topological polar surface area (TPSA) is 35.5 Å². The first kappa shape index (κ1) is 15.3. The summed E-state index contributed by atoms with van der Waals surface area (Å²) in [4.78, 5) is 2.78. The maximum atomic E-state index is 9.75. The van der Waals surface area contributed by atoms with Crippen molar-refractivity contribution in [3.63, 3.8) is 0 Å². The van der Waals surface area contributed by atoms with E-state index in [1.807, 2.05) is 0 Å². The molecule has 0 aromatic carbocycles. The van der Waals surface area contributed by atoms with Crippen LogP contribution >= 0.6 is 0 Å². The number of aliphatic hydroxyl groups is 1. The molecule has 0 aromatic rings. The predicted molar refractivity (Wildman–Crippen MR) is 80.4 cm³/mol. The molecule has 19 heavy (non-hydrogen) atoms. The van der Waals surface area contributed by atoms with E-state index >= 15 is 0 Å². The van der Waals surface area contributed by atoms with Crippen LogP contribution in [0.3, 0.4) is 0 Å². The van der Waals surface area contributed by atoms with Gasteiger partial charge in [-0.1, -0.05) is 26.7 Å². The summed E-state index contributed by atoms with van der Waals surface area (Å²) >= 11 is 0. The van der Waals surface area contributed by atoms with Crippen molar-refractivity contribution in [2.75, 3.05) is 19.7 Å². The Kier molecular flexibility index (Phi) is 5.67. The molecular formula is C16H32N2O. The molecule has 0 spiro atoms. The van der Waals surface area contributed by atoms with Gasteiger partial charge in [0.15, 0.2) is 0 Å². The minimum atomic E-state index is 0.00757. The van der Waals surface area contributed by atoms with E-state index in [-0.39, 0.29) is 5.54 Å². The van der Waals surface area contributed by atoms with E-state index in [0.29, 0.717) is 12.6 Å². The van der Waals surface area contributed by atoms with Crippen LogP contribution in [0.5, 0.6) is 0 Å². The lowest BCUT2D eigenvalue weighted by molar-refractivity contribution is 0.0797. The van der Waals surface area contributed by atoms with Crippen molar-refractivity contribution in [3.05, 3.63) is 0 Å². The van der Waals surface area contributed by atoms with E-state index in [1.54, 1.807) is 0 Å². The van der Waals surface area contributed by atoms with Crippen molar-refractivity contribution in [1.82, 2.24) is 10.2 Å². The van der Waals surface area contributed by atoms with Crippen LogP contribution < -0.4 is 5.32 Å². The molecule has 0 amide bonds. The van der Waals surface area contributed by atoms with Gasteiger partial charge in [-0.05, 0) is 51.6 Å². The lowest BCUT2D eigenvalue weighted by Crippen LogP contribution is -2.50. The molecule has 3 atom stereocenters. The Morgan fingerprint density at radius 3 is 2.79 bits per heavy atom. The number of likely N-dealkylation sites (tertiary alicyclic amines) is 1. The summed E-state index contributed by atoms with van der Waals surface area (Å²) in [7, 11) is 0. The summed E-state index contributed by atoms with van der Waals surface area (Å²) in [6.07, 6.45) is 10.3. The third-order valence-corrected chi connectivity index (χ3v) is 5.20. The second kappa shape index (κ2) is 7.05. The standard InChI is InChI=1S/C16H32N2O/c1-3-7-14-8-5-6-11-18(14)15-9-10-16(12-15,13-19)17-4-2/h14-15,17,19H,3-13H2,1-2H3. The summed E-state index contributed by atoms with van der Waals surface area (Å²) in [5, 5.41) is 13.3. The first-order valence-corrected chi connectivity index (χ1v) is 8.36. The van der Waals surface area contributed by atoms with Crippen LogP contribution in [0.25, 0.3) is 0 Å². The second-order valence-electron chi connectivity index (χ2n) is 6.54. The van der Waals surface area contributed by atoms with Crippen molar-refractivity contribution in [3.8, 4) is 0 Å². The van der Waals surface area contributed by atoms with Crippen LogP contribution in [0.1, 0.15) is 65.2 Å². The van der Waals surface area contributed by atoms with Gasteiger partial charge >= 0.3 is 0 Å². The van der Waals surface area contributed by atoms with Crippen molar-refractivity contribution in [1.29, 1.82) is 0 Å². The van der Waals surface area contributed by atoms with E-state index in [4.69, 9.17) is 0 Å². The van der Waals surface area contributed by atoms with Crippen LogP contribution in [-0.2, 0) is 0 Å². The summed E-state index contributed by atoms with van der Waals surface area (Å²) in [6, 6.07) is 1.50. The second-order valence-corrected chi connectivity index (χ2v) is 6.54. The number of likely N-dealkylation sites (N-methyl/N-ethyl adjacent to an activating group) is 1. The number of piperidine rings is 1. The molecule has 1 heterocycles. The average molecular weight is 268 g/mol. The predicted octanol–water partition coefficient (Wildman–Crippen LogP) is 2.53. The number of aliphatic hydroxyl groups excluding tert-OH is 1. The van der Waals surface area contributed by atoms with Crippen LogP contribution in [0.2, 0.25) is 0 Å². The summed E-state index contributed by atoms with van der Waals surface area (Å²) in [5.74, 6) is 0. The average Bonchev–Trinajstić information content (AvgIpc) is 2.85. The van der Waals surface area contributed by atoms with Crippen molar-refractivity contribution >= 4 is 0 Å². The molecule has 0 bridgehead atoms. The molecule has 2 N–H and O–H groups in total. The summed E-state index contributed by atoms with van der Waals surface area (Å²) in [6.45, 7) is 6.99. The molecule has 3 heteroatoms. The van der Waals surface area contributed by atoms with Crippen molar-refractivity contribution in [2.45, 2.75) is 82.8 Å². The number of hydrogen-bond donors (Lipinski definition) is 2. The fourth-order valence-corrected chi connectivity index (χ4v) is 4.26. The highest BCUT2D eigenvalue weighted by Gasteiger charge is 2.42. The molecular weight excluding hydrogens is 236 g/mol. The van der Waals surface area contributed by atoms with Gasteiger partial charge in [0.25, 0.3) is 0 Å². The van der Waals surface area contributed by atoms with E-state index in [2.05, 4.69) is 24.1 Å². The first-order chi connectivity index (χ1) is 9.24. The molecule has 1 aliphatic heterocycles. The molecule has 0 aromatic heterocycles. The fraction of sp³-hybridized carbons (Fsp3) is 1.00. The lowest BCUT2D eigenvalue weighted by Gasteiger charge is -2.41. The molecule has 2 aliphatic rings. The first-order valence-electron chi connectivity index (χ1n) is 8.36. The quantitative estimate of drug-likeness (QED) is 0.777. The van der Waals surface area contributed by atoms with Gasteiger partial charge in [-0.3, -0.25) is 4.90 Å². The normalized spacial score (nSPS) is 36.8. The van der Waals surface area contributed by atoms with Gasteiger partial charge in [0.05, 0.1) is 6.61 Å². The number of nitrogens with one attached hydrogen (secondary N) is 1. The smallest absolute Gasteiger partial charge is 0.0613 e. The van der Waals surface area contributed by atoms with E-state index in [9.17, 15) is 5.11 Å². The molecule has 112 valence electrons. The molecule has 1 aliphatic carbocycles. The highest BCUT2D eigenvalue weighted by Crippen LogP contribution is 2.36. The summed E-state index contributed by atoms with van der Waals surface area (Å²) < 4.78 is 0. The van der Waals surface area contributed by atoms with E-state index in [1.165, 1.54) is 45.1 Å². The fourth-order valence-electron chi connectivity index (χ4n) is 4.26. The number of nitrogens with zero attached hydrogens (tertiary/aromatic N) is 1. The zero-order chi connectivity index (χ0) is 13.7. The number of rotatable bonds is 6. The minimum absolute atomic E-state index is 0.00757. The molecule has 1 saturated carbocycles. The highest BCUT2D eigenvalue weighted by atomic mass is 16.3. The van der Waals surface area contributed by atoms with Gasteiger partial charge in [-0.2, -0.15) is 0 Å². The van der Waals surface area contributed by atoms with Crippen molar-refractivity contribution in [2.24, 2.45) is 0 Å². The SMILES string of the molecule is CCCC1CCCCN1C1CCC(CO)(NCC)C1. The van der Waals surface area contributed by atoms with Gasteiger partial charge in [-0.15, -0.1) is 0 Å². The van der Waals surface area contributed by atoms with Gasteiger partial charge < -0.3 is 10.4 Å². The Morgan fingerprint density at radius 1 is 1.26 bits per heavy atom. The Hall–Kier alpha value is -0.120. The molecule has 1 saturated heterocycles. The summed E-state index contributed by atoms with van der Waals surface area (Å²) in [5.41, 5.74) is 0.00757. The Bertz CT molecular complexity index is 269. The zero-order valence-electron chi connectivity index (χ0n) is 12.8. The van der Waals surface area contributed by atoms with Gasteiger partial charge in [0.2, 0.25) is 0 Å². The Morgan fingerprint density at radius 2 is 2.11 bits per heavy atom. The molecule has 3 nitrogen and oxygen atoms in total. The highest BCUT2D eigenvalue weighted by molar-refractivity contribution is 5.00. The number of hydrogen-bond acceptors (Lipinski definition) is 3. The molecule has 2 fully saturated rings. The van der Waals surface area contributed by atoms with E-state index in [0.717, 1.165) is 25.4 Å². The van der Waals surface area contributed by atoms with Crippen LogP contribution in [0, 0.1) is 0 Å². The van der Waals surface area contributed by atoms with E-state index < -0.39 is 0 Å². The Balaban J connectivity index is 1.97. The van der Waals surface area contributed by atoms with Gasteiger partial charge in [-0.25, -0.2) is 0 Å². The van der Waals surface area contributed by atoms with Gasteiger partial charge in [0.1, 0.15) is 0 Å². The molecule has 0 radical (unpaired) electrons. The van der Waals surface area contributed by atoms with Crippen LogP contribution in [0.15, 0.2) is 0 Å². The monoisotopic (exact) mass is 268 g/mol. The zero-order valence-corrected chi connectivity index (χ0v) is 12.8. The van der Waals surface area contributed by atoms with Crippen LogP contribution in [-0.4, -0.2) is 47.3 Å². The maximum Gasteiger partial charge on any atom is 0.0613 e. The lowest BCUT2D eigenvalue weighted by atomic mass is 9.94. The molecule has 2 rings (SSSR count). The Labute approximate surface area is 118 Å². The minimum Gasteiger partial charge on any atom is -0.394 e. The maximum absolute atomic E-state index is 9.75. The van der Waals surface area contributed by atoms with Gasteiger partial charge in [0, 0.05) is 17.6 Å². The third kappa shape index (κ3) is 3.50. The largest absolute Gasteiger partial charge is 0.394 e. The van der Waals surface area contributed by atoms with Crippen LogP contribution in [0.4, 0.5) is 0 Å². The third-order valence-electron chi connectivity index (χ3n) is 5.20. The molecule has 3 unspecified atom stereocenters. The van der Waals surface area contributed by atoms with Crippen molar-refractivity contribution < 1.29 is 5.11 Å².